The summed E-state index contributed by atoms with van der Waals surface area (Å²) in [4.78, 5) is 35.4. The van der Waals surface area contributed by atoms with Gasteiger partial charge in [0.2, 0.25) is 0 Å². The summed E-state index contributed by atoms with van der Waals surface area (Å²) in [6.07, 6.45) is 3.45. The van der Waals surface area contributed by atoms with Crippen LogP contribution in [0.15, 0.2) is 27.4 Å². The molecule has 2 amide bonds. The molecule has 1 atom stereocenters. The number of aryl methyl sites for hydroxylation is 2. The average molecular weight is 372 g/mol. The van der Waals surface area contributed by atoms with Crippen LogP contribution < -0.4 is 16.7 Å². The quantitative estimate of drug-likeness (QED) is 0.597. The maximum atomic E-state index is 12.4. The van der Waals surface area contributed by atoms with Crippen molar-refractivity contribution in [3.05, 3.63) is 45.3 Å². The second kappa shape index (κ2) is 7.82. The number of benzene rings is 1. The van der Waals surface area contributed by atoms with Crippen molar-refractivity contribution in [1.82, 2.24) is 5.32 Å². The summed E-state index contributed by atoms with van der Waals surface area (Å²) in [6.45, 7) is 3.79. The Labute approximate surface area is 156 Å². The van der Waals surface area contributed by atoms with Crippen molar-refractivity contribution in [2.75, 3.05) is 0 Å². The minimum Gasteiger partial charge on any atom is -0.459 e. The molecule has 7 nitrogen and oxygen atoms in total. The van der Waals surface area contributed by atoms with Crippen LogP contribution in [-0.4, -0.2) is 18.0 Å². The third-order valence-corrected chi connectivity index (χ3v) is 4.72. The number of ether oxygens (including phenoxy) is 1. The number of esters is 1. The van der Waals surface area contributed by atoms with E-state index in [0.717, 1.165) is 24.6 Å². The fourth-order valence-electron chi connectivity index (χ4n) is 3.52. The highest BCUT2D eigenvalue weighted by atomic mass is 16.5. The Balaban J connectivity index is 1.82. The van der Waals surface area contributed by atoms with Gasteiger partial charge >= 0.3 is 17.6 Å². The van der Waals surface area contributed by atoms with E-state index in [1.807, 2.05) is 26.0 Å². The van der Waals surface area contributed by atoms with Crippen LogP contribution in [0.3, 0.4) is 0 Å². The number of rotatable bonds is 6. The first kappa shape index (κ1) is 18.9. The average Bonchev–Trinajstić information content (AvgIpc) is 3.03. The van der Waals surface area contributed by atoms with E-state index in [1.54, 1.807) is 0 Å². The smallest absolute Gasteiger partial charge is 0.336 e. The van der Waals surface area contributed by atoms with Crippen molar-refractivity contribution >= 4 is 23.0 Å². The summed E-state index contributed by atoms with van der Waals surface area (Å²) in [6, 6.07) is 3.66. The standard InChI is InChI=1S/C20H24N2O5/c1-11(2)6-16(22-20(21)25)19(24)26-10-14-9-18(23)27-17-8-13-5-3-4-12(13)7-15(14)17/h7-9,11,16H,3-6,10H2,1-2H3,(H3,21,22,25)/t16-/m1/s1. The monoisotopic (exact) mass is 372 g/mol. The Kier molecular flexibility index (Phi) is 5.48. The van der Waals surface area contributed by atoms with Crippen LogP contribution >= 0.6 is 0 Å². The number of nitrogens with one attached hydrogen (secondary N) is 1. The lowest BCUT2D eigenvalue weighted by Gasteiger charge is -2.18. The molecule has 2 aromatic rings. The van der Waals surface area contributed by atoms with Gasteiger partial charge in [0.1, 0.15) is 18.2 Å². The molecule has 7 heteroatoms. The molecule has 3 N–H and O–H groups in total. The molecular formula is C20H24N2O5. The van der Waals surface area contributed by atoms with E-state index in [-0.39, 0.29) is 12.5 Å². The first-order chi connectivity index (χ1) is 12.8. The molecule has 1 aromatic heterocycles. The Bertz CT molecular complexity index is 932. The first-order valence-corrected chi connectivity index (χ1v) is 9.14. The van der Waals surface area contributed by atoms with Crippen LogP contribution in [0.4, 0.5) is 4.79 Å². The van der Waals surface area contributed by atoms with E-state index in [4.69, 9.17) is 14.9 Å². The van der Waals surface area contributed by atoms with Gasteiger partial charge in [-0.25, -0.2) is 14.4 Å². The van der Waals surface area contributed by atoms with Gasteiger partial charge in [-0.3, -0.25) is 0 Å². The van der Waals surface area contributed by atoms with Crippen LogP contribution in [0.1, 0.15) is 43.4 Å². The molecular weight excluding hydrogens is 348 g/mol. The van der Waals surface area contributed by atoms with Gasteiger partial charge in [0.05, 0.1) is 0 Å². The Hall–Kier alpha value is -2.83. The molecule has 0 saturated heterocycles. The molecule has 0 aliphatic heterocycles. The molecule has 0 spiro atoms. The van der Waals surface area contributed by atoms with Crippen LogP contribution in [0.25, 0.3) is 11.0 Å². The van der Waals surface area contributed by atoms with E-state index in [2.05, 4.69) is 5.32 Å². The Morgan fingerprint density at radius 3 is 2.59 bits per heavy atom. The van der Waals surface area contributed by atoms with Gasteiger partial charge in [0, 0.05) is 17.0 Å². The first-order valence-electron chi connectivity index (χ1n) is 9.14. The number of hydrogen-bond acceptors (Lipinski definition) is 5. The van der Waals surface area contributed by atoms with E-state index < -0.39 is 23.7 Å². The highest BCUT2D eigenvalue weighted by Crippen LogP contribution is 2.28. The van der Waals surface area contributed by atoms with Gasteiger partial charge in [0.25, 0.3) is 0 Å². The molecule has 0 radical (unpaired) electrons. The third-order valence-electron chi connectivity index (χ3n) is 4.72. The fraction of sp³-hybridized carbons (Fsp3) is 0.450. The number of primary amides is 1. The van der Waals surface area contributed by atoms with Crippen molar-refractivity contribution in [1.29, 1.82) is 0 Å². The van der Waals surface area contributed by atoms with Gasteiger partial charge in [0.15, 0.2) is 0 Å². The normalized spacial score (nSPS) is 14.2. The lowest BCUT2D eigenvalue weighted by atomic mass is 10.0. The van der Waals surface area contributed by atoms with E-state index in [9.17, 15) is 14.4 Å². The van der Waals surface area contributed by atoms with Crippen LogP contribution in [0, 0.1) is 5.92 Å². The van der Waals surface area contributed by atoms with Gasteiger partial charge in [-0.15, -0.1) is 0 Å². The lowest BCUT2D eigenvalue weighted by Crippen LogP contribution is -2.45. The van der Waals surface area contributed by atoms with E-state index in [0.29, 0.717) is 17.6 Å². The molecule has 0 fully saturated rings. The number of amides is 2. The van der Waals surface area contributed by atoms with Gasteiger partial charge in [-0.2, -0.15) is 0 Å². The van der Waals surface area contributed by atoms with Crippen molar-refractivity contribution in [2.24, 2.45) is 11.7 Å². The third kappa shape index (κ3) is 4.48. The molecule has 1 aliphatic rings. The molecule has 0 unspecified atom stereocenters. The summed E-state index contributed by atoms with van der Waals surface area (Å²) in [5.41, 5.74) is 8.19. The van der Waals surface area contributed by atoms with Gasteiger partial charge in [-0.05, 0) is 54.9 Å². The van der Waals surface area contributed by atoms with Crippen LogP contribution in [0.2, 0.25) is 0 Å². The molecule has 1 aromatic carbocycles. The summed E-state index contributed by atoms with van der Waals surface area (Å²) < 4.78 is 10.7. The predicted octanol–water partition coefficient (Wildman–Crippen LogP) is 2.41. The Morgan fingerprint density at radius 1 is 1.22 bits per heavy atom. The number of nitrogens with two attached hydrogens (primary N) is 1. The summed E-state index contributed by atoms with van der Waals surface area (Å²) in [5, 5.41) is 3.18. The second-order valence-corrected chi connectivity index (χ2v) is 7.36. The zero-order valence-corrected chi connectivity index (χ0v) is 15.5. The zero-order chi connectivity index (χ0) is 19.6. The summed E-state index contributed by atoms with van der Waals surface area (Å²) in [5.74, 6) is -0.411. The molecule has 3 rings (SSSR count). The van der Waals surface area contributed by atoms with E-state index >= 15 is 0 Å². The van der Waals surface area contributed by atoms with Crippen molar-refractivity contribution in [2.45, 2.75) is 52.2 Å². The Morgan fingerprint density at radius 2 is 1.93 bits per heavy atom. The molecule has 1 heterocycles. The van der Waals surface area contributed by atoms with E-state index in [1.165, 1.54) is 17.2 Å². The van der Waals surface area contributed by atoms with Crippen molar-refractivity contribution < 1.29 is 18.7 Å². The molecule has 27 heavy (non-hydrogen) atoms. The summed E-state index contributed by atoms with van der Waals surface area (Å²) in [7, 11) is 0. The highest BCUT2D eigenvalue weighted by molar-refractivity contribution is 5.84. The molecule has 0 saturated carbocycles. The number of fused-ring (bicyclic) bond motifs is 2. The number of urea groups is 1. The molecule has 1 aliphatic carbocycles. The van der Waals surface area contributed by atoms with Crippen LogP contribution in [-0.2, 0) is 29.0 Å². The minimum atomic E-state index is -0.821. The summed E-state index contributed by atoms with van der Waals surface area (Å²) >= 11 is 0. The lowest BCUT2D eigenvalue weighted by molar-refractivity contribution is -0.147. The maximum Gasteiger partial charge on any atom is 0.336 e. The molecule has 0 bridgehead atoms. The SMILES string of the molecule is CC(C)C[C@@H](NC(N)=O)C(=O)OCc1cc(=O)oc2cc3c(cc12)CCC3. The van der Waals surface area contributed by atoms with Gasteiger partial charge < -0.3 is 20.2 Å². The van der Waals surface area contributed by atoms with Crippen molar-refractivity contribution in [3.63, 3.8) is 0 Å². The largest absolute Gasteiger partial charge is 0.459 e. The number of carbonyl (C=O) groups is 2. The van der Waals surface area contributed by atoms with Crippen molar-refractivity contribution in [3.8, 4) is 0 Å². The fourth-order valence-corrected chi connectivity index (χ4v) is 3.52. The maximum absolute atomic E-state index is 12.4. The topological polar surface area (TPSA) is 112 Å². The van der Waals surface area contributed by atoms with Gasteiger partial charge in [-0.1, -0.05) is 13.8 Å². The van der Waals surface area contributed by atoms with Crippen LogP contribution in [0.5, 0.6) is 0 Å². The second-order valence-electron chi connectivity index (χ2n) is 7.36. The number of carbonyl (C=O) groups excluding carboxylic acids is 2. The molecule has 144 valence electrons. The highest BCUT2D eigenvalue weighted by Gasteiger charge is 2.23. The number of hydrogen-bond donors (Lipinski definition) is 2. The zero-order valence-electron chi connectivity index (χ0n) is 15.5. The minimum absolute atomic E-state index is 0.0746. The predicted molar refractivity (Wildman–Crippen MR) is 100 cm³/mol.